The van der Waals surface area contributed by atoms with E-state index in [0.717, 1.165) is 17.3 Å². The lowest BCUT2D eigenvalue weighted by molar-refractivity contribution is -0.121. The van der Waals surface area contributed by atoms with E-state index in [9.17, 15) is 13.2 Å². The van der Waals surface area contributed by atoms with Gasteiger partial charge in [-0.2, -0.15) is 8.42 Å². The first-order valence-electron chi connectivity index (χ1n) is 7.28. The number of carbonyl (C=O) groups is 1. The van der Waals surface area contributed by atoms with Crippen LogP contribution in [0.4, 0.5) is 0 Å². The molecule has 0 aliphatic carbocycles. The number of carbonyl (C=O) groups excluding carboxylic acids is 1. The second-order valence-electron chi connectivity index (χ2n) is 6.49. The molecule has 24 heavy (non-hydrogen) atoms. The molecule has 0 unspecified atom stereocenters. The molecular weight excluding hydrogens is 366 g/mol. The molecule has 1 saturated heterocycles. The lowest BCUT2D eigenvalue weighted by Gasteiger charge is -2.18. The van der Waals surface area contributed by atoms with Gasteiger partial charge >= 0.3 is 0 Å². The molecule has 0 radical (unpaired) electrons. The van der Waals surface area contributed by atoms with Gasteiger partial charge in [0.25, 0.3) is 16.0 Å². The van der Waals surface area contributed by atoms with Gasteiger partial charge in [-0.3, -0.25) is 14.2 Å². The minimum Gasteiger partial charge on any atom is -0.292 e. The van der Waals surface area contributed by atoms with Crippen molar-refractivity contribution < 1.29 is 17.8 Å². The summed E-state index contributed by atoms with van der Waals surface area (Å²) in [5.41, 5.74) is 2.12. The molecule has 1 N–H and O–H groups in total. The molecule has 1 fully saturated rings. The highest BCUT2D eigenvalue weighted by atomic mass is 32.2. The molecule has 1 amide bonds. The van der Waals surface area contributed by atoms with Crippen molar-refractivity contribution in [1.29, 1.82) is 0 Å². The maximum atomic E-state index is 12.3. The number of nitrogens with zero attached hydrogens (tertiary/aromatic N) is 1. The van der Waals surface area contributed by atoms with Crippen molar-refractivity contribution in [2.24, 2.45) is 0 Å². The summed E-state index contributed by atoms with van der Waals surface area (Å²) in [5.74, 6) is -0.874. The van der Waals surface area contributed by atoms with E-state index in [2.05, 4.69) is 20.8 Å². The fourth-order valence-electron chi connectivity index (χ4n) is 2.13. The molecule has 130 valence electrons. The zero-order chi connectivity index (χ0) is 18.1. The average Bonchev–Trinajstić information content (AvgIpc) is 2.70. The summed E-state index contributed by atoms with van der Waals surface area (Å²) >= 11 is 6.25. The Labute approximate surface area is 151 Å². The Bertz CT molecular complexity index is 790. The third kappa shape index (κ3) is 4.89. The molecule has 1 aliphatic rings. The monoisotopic (exact) mass is 385 g/mol. The third-order valence-corrected chi connectivity index (χ3v) is 5.60. The van der Waals surface area contributed by atoms with Crippen LogP contribution in [0.3, 0.4) is 0 Å². The molecule has 0 saturated carbocycles. The van der Waals surface area contributed by atoms with Gasteiger partial charge in [0.1, 0.15) is 4.32 Å². The molecule has 1 aliphatic heterocycles. The Hall–Kier alpha value is -1.22. The maximum Gasteiger partial charge on any atom is 0.266 e. The van der Waals surface area contributed by atoms with Crippen molar-refractivity contribution in [3.63, 3.8) is 0 Å². The van der Waals surface area contributed by atoms with Crippen LogP contribution in [0, 0.1) is 0 Å². The van der Waals surface area contributed by atoms with E-state index in [1.54, 1.807) is 6.08 Å². The molecule has 2 rings (SSSR count). The predicted molar refractivity (Wildman–Crippen MR) is 101 cm³/mol. The van der Waals surface area contributed by atoms with Crippen molar-refractivity contribution >= 4 is 50.4 Å². The number of hydrogen-bond acceptors (Lipinski definition) is 5. The Morgan fingerprint density at radius 1 is 1.25 bits per heavy atom. The summed E-state index contributed by atoms with van der Waals surface area (Å²) < 4.78 is 30.8. The van der Waals surface area contributed by atoms with Crippen LogP contribution in [-0.4, -0.2) is 40.4 Å². The topological polar surface area (TPSA) is 74.7 Å². The molecule has 0 spiro atoms. The summed E-state index contributed by atoms with van der Waals surface area (Å²) in [5, 5.41) is 0. The molecule has 1 aromatic carbocycles. The summed E-state index contributed by atoms with van der Waals surface area (Å²) in [7, 11) is -4.14. The van der Waals surface area contributed by atoms with E-state index in [0.29, 0.717) is 9.23 Å². The quantitative estimate of drug-likeness (QED) is 0.488. The van der Waals surface area contributed by atoms with Crippen LogP contribution >= 0.6 is 24.0 Å². The maximum absolute atomic E-state index is 12.3. The van der Waals surface area contributed by atoms with Crippen LogP contribution in [0.15, 0.2) is 29.2 Å². The molecule has 0 aromatic heterocycles. The van der Waals surface area contributed by atoms with Gasteiger partial charge in [0.2, 0.25) is 0 Å². The number of hydrogen-bond donors (Lipinski definition) is 1. The Morgan fingerprint density at radius 2 is 1.83 bits per heavy atom. The largest absolute Gasteiger partial charge is 0.292 e. The van der Waals surface area contributed by atoms with E-state index >= 15 is 0 Å². The fraction of sp³-hybridized carbons (Fsp3) is 0.375. The molecule has 1 aromatic rings. The summed E-state index contributed by atoms with van der Waals surface area (Å²) in [6, 6.07) is 7.91. The van der Waals surface area contributed by atoms with E-state index < -0.39 is 15.9 Å². The van der Waals surface area contributed by atoms with E-state index in [1.807, 2.05) is 24.3 Å². The summed E-state index contributed by atoms with van der Waals surface area (Å²) in [6.45, 7) is 6.23. The van der Waals surface area contributed by atoms with Crippen LogP contribution in [0.2, 0.25) is 0 Å². The van der Waals surface area contributed by atoms with Gasteiger partial charge in [-0.25, -0.2) is 0 Å². The fourth-order valence-corrected chi connectivity index (χ4v) is 3.85. The zero-order valence-corrected chi connectivity index (χ0v) is 16.1. The van der Waals surface area contributed by atoms with Gasteiger partial charge < -0.3 is 0 Å². The molecular formula is C16H19NO4S3. The number of thiocarbonyl (C=S) groups is 1. The van der Waals surface area contributed by atoms with Crippen LogP contribution in [0.1, 0.15) is 31.9 Å². The van der Waals surface area contributed by atoms with Crippen molar-refractivity contribution in [2.75, 3.05) is 12.3 Å². The first-order chi connectivity index (χ1) is 11.0. The Kier molecular flexibility index (Phi) is 5.54. The van der Waals surface area contributed by atoms with Gasteiger partial charge in [0, 0.05) is 6.54 Å². The summed E-state index contributed by atoms with van der Waals surface area (Å²) in [4.78, 5) is 14.0. The highest BCUT2D eigenvalue weighted by Crippen LogP contribution is 2.32. The lowest BCUT2D eigenvalue weighted by atomic mass is 9.87. The lowest BCUT2D eigenvalue weighted by Crippen LogP contribution is -2.32. The van der Waals surface area contributed by atoms with Crippen LogP contribution < -0.4 is 0 Å². The van der Waals surface area contributed by atoms with Gasteiger partial charge in [0.05, 0.1) is 10.7 Å². The Balaban J connectivity index is 2.16. The van der Waals surface area contributed by atoms with E-state index in [4.69, 9.17) is 16.8 Å². The number of amides is 1. The molecule has 5 nitrogen and oxygen atoms in total. The second kappa shape index (κ2) is 6.95. The Morgan fingerprint density at radius 3 is 2.33 bits per heavy atom. The first-order valence-corrected chi connectivity index (χ1v) is 10.1. The van der Waals surface area contributed by atoms with Crippen molar-refractivity contribution in [3.05, 3.63) is 40.3 Å². The van der Waals surface area contributed by atoms with Crippen molar-refractivity contribution in [2.45, 2.75) is 26.2 Å². The smallest absolute Gasteiger partial charge is 0.266 e. The third-order valence-electron chi connectivity index (χ3n) is 3.52. The molecule has 1 heterocycles. The molecule has 0 atom stereocenters. The van der Waals surface area contributed by atoms with Crippen LogP contribution in [0.25, 0.3) is 6.08 Å². The molecule has 0 bridgehead atoms. The van der Waals surface area contributed by atoms with Gasteiger partial charge in [-0.05, 0) is 22.6 Å². The van der Waals surface area contributed by atoms with Gasteiger partial charge in [0.15, 0.2) is 0 Å². The van der Waals surface area contributed by atoms with Crippen molar-refractivity contribution in [1.82, 2.24) is 4.90 Å². The second-order valence-corrected chi connectivity index (χ2v) is 9.74. The van der Waals surface area contributed by atoms with Crippen molar-refractivity contribution in [3.8, 4) is 0 Å². The highest BCUT2D eigenvalue weighted by molar-refractivity contribution is 8.26. The van der Waals surface area contributed by atoms with Crippen LogP contribution in [0.5, 0.6) is 0 Å². The van der Waals surface area contributed by atoms with Gasteiger partial charge in [-0.1, -0.05) is 69.0 Å². The van der Waals surface area contributed by atoms with E-state index in [-0.39, 0.29) is 17.9 Å². The number of benzene rings is 1. The predicted octanol–water partition coefficient (Wildman–Crippen LogP) is 3.07. The normalized spacial score (nSPS) is 17.8. The highest BCUT2D eigenvalue weighted by Gasteiger charge is 2.32. The van der Waals surface area contributed by atoms with E-state index in [1.165, 1.54) is 10.5 Å². The summed E-state index contributed by atoms with van der Waals surface area (Å²) in [6.07, 6.45) is 1.74. The minimum absolute atomic E-state index is 0.0533. The SMILES string of the molecule is CC(C)(C)c1ccc(C=C2SC(=S)N(CCS(=O)(=O)O)C2=O)cc1. The zero-order valence-electron chi connectivity index (χ0n) is 13.6. The standard InChI is InChI=1S/C16H19NO4S3/c1-16(2,3)12-6-4-11(5-7-12)10-13-14(18)17(15(22)23-13)8-9-24(19,20)21/h4-7,10H,8-9H2,1-3H3,(H,19,20,21). The first kappa shape index (κ1) is 19.1. The van der Waals surface area contributed by atoms with Gasteiger partial charge in [-0.15, -0.1) is 0 Å². The molecule has 8 heteroatoms. The number of rotatable bonds is 4. The number of thioether (sulfide) groups is 1. The average molecular weight is 386 g/mol. The van der Waals surface area contributed by atoms with Crippen LogP contribution in [-0.2, 0) is 20.3 Å². The minimum atomic E-state index is -4.14.